The lowest BCUT2D eigenvalue weighted by Gasteiger charge is -2.22. The van der Waals surface area contributed by atoms with Gasteiger partial charge in [0.15, 0.2) is 0 Å². The highest BCUT2D eigenvalue weighted by Crippen LogP contribution is 2.22. The fourth-order valence-electron chi connectivity index (χ4n) is 2.15. The number of nitrogens with one attached hydrogen (secondary N) is 2. The number of anilines is 2. The van der Waals surface area contributed by atoms with Gasteiger partial charge in [0.2, 0.25) is 0 Å². The molecule has 124 valence electrons. The highest BCUT2D eigenvalue weighted by molar-refractivity contribution is 6.18. The molecule has 1 amide bonds. The van der Waals surface area contributed by atoms with Gasteiger partial charge in [-0.2, -0.15) is 5.26 Å². The van der Waals surface area contributed by atoms with Crippen LogP contribution in [0.4, 0.5) is 11.4 Å². The summed E-state index contributed by atoms with van der Waals surface area (Å²) < 4.78 is 0. The number of nitriles is 1. The van der Waals surface area contributed by atoms with E-state index in [0.717, 1.165) is 30.0 Å². The molecule has 1 aromatic rings. The third-order valence-corrected chi connectivity index (χ3v) is 3.64. The predicted molar refractivity (Wildman–Crippen MR) is 95.8 cm³/mol. The molecule has 1 aromatic carbocycles. The summed E-state index contributed by atoms with van der Waals surface area (Å²) in [4.78, 5) is 14.0. The van der Waals surface area contributed by atoms with E-state index in [-0.39, 0.29) is 5.57 Å². The van der Waals surface area contributed by atoms with Crippen molar-refractivity contribution in [3.8, 4) is 6.07 Å². The van der Waals surface area contributed by atoms with Crippen molar-refractivity contribution in [2.24, 2.45) is 0 Å². The minimum Gasteiger partial charge on any atom is -0.372 e. The van der Waals surface area contributed by atoms with Crippen molar-refractivity contribution in [1.82, 2.24) is 5.32 Å². The van der Waals surface area contributed by atoms with Crippen LogP contribution in [0.3, 0.4) is 0 Å². The first-order valence-corrected chi connectivity index (χ1v) is 8.17. The SMILES string of the molecule is CCN(CC)c1ccc(N/C=C(/C#N)C(=O)NCCCl)c(C)c1. The topological polar surface area (TPSA) is 68.2 Å². The first-order valence-electron chi connectivity index (χ1n) is 7.63. The Bertz CT molecular complexity index is 603. The van der Waals surface area contributed by atoms with Crippen LogP contribution in [0.1, 0.15) is 19.4 Å². The van der Waals surface area contributed by atoms with Crippen molar-refractivity contribution in [3.63, 3.8) is 0 Å². The first-order chi connectivity index (χ1) is 11.1. The van der Waals surface area contributed by atoms with E-state index in [1.165, 1.54) is 6.20 Å². The summed E-state index contributed by atoms with van der Waals surface area (Å²) in [5, 5.41) is 14.7. The zero-order valence-corrected chi connectivity index (χ0v) is 14.6. The Morgan fingerprint density at radius 2 is 2.09 bits per heavy atom. The molecule has 2 N–H and O–H groups in total. The van der Waals surface area contributed by atoms with Crippen molar-refractivity contribution in [2.75, 3.05) is 35.7 Å². The van der Waals surface area contributed by atoms with Crippen LogP contribution in [0, 0.1) is 18.3 Å². The predicted octanol–water partition coefficient (Wildman–Crippen LogP) is 3.02. The van der Waals surface area contributed by atoms with Gasteiger partial charge in [0.1, 0.15) is 11.6 Å². The largest absolute Gasteiger partial charge is 0.372 e. The van der Waals surface area contributed by atoms with Crippen LogP contribution < -0.4 is 15.5 Å². The van der Waals surface area contributed by atoms with Gasteiger partial charge in [-0.1, -0.05) is 0 Å². The minimum atomic E-state index is -0.432. The number of rotatable bonds is 8. The first kappa shape index (κ1) is 18.9. The van der Waals surface area contributed by atoms with Crippen LogP contribution >= 0.6 is 11.6 Å². The molecule has 0 heterocycles. The molecule has 0 bridgehead atoms. The van der Waals surface area contributed by atoms with E-state index in [0.29, 0.717) is 12.4 Å². The Balaban J connectivity index is 2.86. The van der Waals surface area contributed by atoms with Gasteiger partial charge in [0, 0.05) is 43.1 Å². The second kappa shape index (κ2) is 9.75. The van der Waals surface area contributed by atoms with Gasteiger partial charge in [0.05, 0.1) is 0 Å². The molecule has 0 spiro atoms. The highest BCUT2D eigenvalue weighted by Gasteiger charge is 2.08. The lowest BCUT2D eigenvalue weighted by Crippen LogP contribution is -2.26. The van der Waals surface area contributed by atoms with Crippen LogP contribution in [0.25, 0.3) is 0 Å². The van der Waals surface area contributed by atoms with Crippen LogP contribution in [-0.4, -0.2) is 31.4 Å². The highest BCUT2D eigenvalue weighted by atomic mass is 35.5. The second-order valence-electron chi connectivity index (χ2n) is 4.93. The molecular formula is C17H23ClN4O. The Morgan fingerprint density at radius 3 is 2.61 bits per heavy atom. The summed E-state index contributed by atoms with van der Waals surface area (Å²) >= 11 is 5.51. The van der Waals surface area contributed by atoms with Gasteiger partial charge < -0.3 is 15.5 Å². The van der Waals surface area contributed by atoms with E-state index in [4.69, 9.17) is 16.9 Å². The summed E-state index contributed by atoms with van der Waals surface area (Å²) in [6.07, 6.45) is 1.42. The molecule has 23 heavy (non-hydrogen) atoms. The molecule has 0 fully saturated rings. The Kier molecular flexibility index (Phi) is 8.00. The smallest absolute Gasteiger partial charge is 0.263 e. The van der Waals surface area contributed by atoms with Gasteiger partial charge >= 0.3 is 0 Å². The molecule has 0 radical (unpaired) electrons. The number of nitrogens with zero attached hydrogens (tertiary/aromatic N) is 2. The molecule has 6 heteroatoms. The average molecular weight is 335 g/mol. The van der Waals surface area contributed by atoms with Crippen LogP contribution in [-0.2, 0) is 4.79 Å². The summed E-state index contributed by atoms with van der Waals surface area (Å²) in [5.74, 6) is -0.123. The van der Waals surface area contributed by atoms with E-state index < -0.39 is 5.91 Å². The lowest BCUT2D eigenvalue weighted by molar-refractivity contribution is -0.117. The van der Waals surface area contributed by atoms with Crippen molar-refractivity contribution in [1.29, 1.82) is 5.26 Å². The third kappa shape index (κ3) is 5.50. The number of aryl methyl sites for hydroxylation is 1. The number of carbonyl (C=O) groups excluding carboxylic acids is 1. The van der Waals surface area contributed by atoms with Gasteiger partial charge in [-0.25, -0.2) is 0 Å². The Hall–Kier alpha value is -2.19. The molecular weight excluding hydrogens is 312 g/mol. The fourth-order valence-corrected chi connectivity index (χ4v) is 2.24. The molecule has 0 saturated carbocycles. The van der Waals surface area contributed by atoms with E-state index >= 15 is 0 Å². The minimum absolute atomic E-state index is 0.0161. The number of halogens is 1. The molecule has 1 rings (SSSR count). The number of hydrogen-bond acceptors (Lipinski definition) is 4. The number of benzene rings is 1. The van der Waals surface area contributed by atoms with E-state index in [9.17, 15) is 4.79 Å². The van der Waals surface area contributed by atoms with E-state index in [1.54, 1.807) is 0 Å². The molecule has 0 aliphatic heterocycles. The third-order valence-electron chi connectivity index (χ3n) is 3.46. The molecule has 0 saturated heterocycles. The number of hydrogen-bond donors (Lipinski definition) is 2. The monoisotopic (exact) mass is 334 g/mol. The normalized spacial score (nSPS) is 10.8. The molecule has 0 aliphatic carbocycles. The van der Waals surface area contributed by atoms with Crippen LogP contribution in [0.2, 0.25) is 0 Å². The van der Waals surface area contributed by atoms with Gasteiger partial charge in [0.25, 0.3) is 5.91 Å². The summed E-state index contributed by atoms with van der Waals surface area (Å²) in [7, 11) is 0. The maximum Gasteiger partial charge on any atom is 0.263 e. The Labute approximate surface area is 142 Å². The molecule has 0 unspecified atom stereocenters. The number of amides is 1. The van der Waals surface area contributed by atoms with Crippen molar-refractivity contribution >= 4 is 28.9 Å². The second-order valence-corrected chi connectivity index (χ2v) is 5.31. The van der Waals surface area contributed by atoms with Gasteiger partial charge in [-0.05, 0) is 44.5 Å². The van der Waals surface area contributed by atoms with E-state index in [1.807, 2.05) is 25.1 Å². The van der Waals surface area contributed by atoms with Gasteiger partial charge in [-0.15, -0.1) is 11.6 Å². The summed E-state index contributed by atoms with van der Waals surface area (Å²) in [5.41, 5.74) is 3.08. The number of alkyl halides is 1. The fraction of sp³-hybridized carbons (Fsp3) is 0.412. The quantitative estimate of drug-likeness (QED) is 0.435. The zero-order chi connectivity index (χ0) is 17.2. The summed E-state index contributed by atoms with van der Waals surface area (Å²) in [6, 6.07) is 7.94. The molecule has 0 aromatic heterocycles. The summed E-state index contributed by atoms with van der Waals surface area (Å²) in [6.45, 7) is 8.45. The maximum absolute atomic E-state index is 11.8. The maximum atomic E-state index is 11.8. The molecule has 0 aliphatic rings. The molecule has 5 nitrogen and oxygen atoms in total. The van der Waals surface area contributed by atoms with Crippen LogP contribution in [0.15, 0.2) is 30.0 Å². The number of carbonyl (C=O) groups is 1. The molecule has 0 atom stereocenters. The van der Waals surface area contributed by atoms with Crippen molar-refractivity contribution in [3.05, 3.63) is 35.5 Å². The van der Waals surface area contributed by atoms with Crippen LogP contribution in [0.5, 0.6) is 0 Å². The lowest BCUT2D eigenvalue weighted by atomic mass is 10.1. The van der Waals surface area contributed by atoms with E-state index in [2.05, 4.69) is 35.4 Å². The average Bonchev–Trinajstić information content (AvgIpc) is 2.56. The van der Waals surface area contributed by atoms with Gasteiger partial charge in [-0.3, -0.25) is 4.79 Å². The van der Waals surface area contributed by atoms with Crippen molar-refractivity contribution < 1.29 is 4.79 Å². The standard InChI is InChI=1S/C17H23ClN4O/c1-4-22(5-2)15-6-7-16(13(3)10-15)21-12-14(11-19)17(23)20-9-8-18/h6-7,10,12,21H,4-5,8-9H2,1-3H3,(H,20,23)/b14-12-. The zero-order valence-electron chi connectivity index (χ0n) is 13.8. The van der Waals surface area contributed by atoms with Crippen molar-refractivity contribution in [2.45, 2.75) is 20.8 Å². The Morgan fingerprint density at radius 1 is 1.39 bits per heavy atom.